The molecule has 36 heavy (non-hydrogen) atoms. The SMILES string of the molecule is CC.COc1cc2c(Oc3cc(C)c(C)nc3-c3ccccn3)ccnc2cc1OCC(CO)CO. The Morgan fingerprint density at radius 3 is 2.31 bits per heavy atom. The second kappa shape index (κ2) is 12.8. The first-order valence-corrected chi connectivity index (χ1v) is 11.9. The third kappa shape index (κ3) is 6.08. The van der Waals surface area contributed by atoms with Gasteiger partial charge in [0.2, 0.25) is 0 Å². The van der Waals surface area contributed by atoms with Gasteiger partial charge < -0.3 is 24.4 Å². The lowest BCUT2D eigenvalue weighted by Gasteiger charge is -2.17. The van der Waals surface area contributed by atoms with Crippen LogP contribution in [0.5, 0.6) is 23.0 Å². The molecule has 0 radical (unpaired) electrons. The number of rotatable bonds is 9. The molecule has 0 amide bonds. The maximum Gasteiger partial charge on any atom is 0.163 e. The van der Waals surface area contributed by atoms with Gasteiger partial charge in [-0.05, 0) is 49.7 Å². The highest BCUT2D eigenvalue weighted by Crippen LogP contribution is 2.39. The number of fused-ring (bicyclic) bond motifs is 1. The lowest BCUT2D eigenvalue weighted by Crippen LogP contribution is -2.19. The summed E-state index contributed by atoms with van der Waals surface area (Å²) in [4.78, 5) is 13.6. The molecule has 0 fully saturated rings. The maximum absolute atomic E-state index is 9.31. The minimum absolute atomic E-state index is 0.146. The number of aliphatic hydroxyl groups is 2. The van der Waals surface area contributed by atoms with Gasteiger partial charge in [0.25, 0.3) is 0 Å². The normalized spacial score (nSPS) is 10.7. The number of nitrogens with zero attached hydrogens (tertiary/aromatic N) is 3. The molecule has 0 spiro atoms. The van der Waals surface area contributed by atoms with Gasteiger partial charge in [-0.2, -0.15) is 0 Å². The second-order valence-electron chi connectivity index (χ2n) is 7.93. The largest absolute Gasteiger partial charge is 0.493 e. The fraction of sp³-hybridized carbons (Fsp3) is 0.321. The van der Waals surface area contributed by atoms with Crippen LogP contribution < -0.4 is 14.2 Å². The molecule has 0 aliphatic rings. The molecule has 0 atom stereocenters. The molecule has 0 unspecified atom stereocenters. The van der Waals surface area contributed by atoms with E-state index in [0.29, 0.717) is 34.2 Å². The van der Waals surface area contributed by atoms with Gasteiger partial charge in [-0.25, -0.2) is 4.98 Å². The maximum atomic E-state index is 9.31. The van der Waals surface area contributed by atoms with E-state index in [9.17, 15) is 10.2 Å². The zero-order chi connectivity index (χ0) is 26.1. The van der Waals surface area contributed by atoms with Crippen molar-refractivity contribution in [3.8, 4) is 34.4 Å². The van der Waals surface area contributed by atoms with E-state index < -0.39 is 0 Å². The number of benzene rings is 1. The fourth-order valence-electron chi connectivity index (χ4n) is 3.42. The molecule has 0 saturated heterocycles. The predicted molar refractivity (Wildman–Crippen MR) is 140 cm³/mol. The van der Waals surface area contributed by atoms with Gasteiger partial charge in [0.15, 0.2) is 17.2 Å². The highest BCUT2D eigenvalue weighted by atomic mass is 16.5. The van der Waals surface area contributed by atoms with Crippen LogP contribution in [0.15, 0.2) is 54.9 Å². The minimum Gasteiger partial charge on any atom is -0.493 e. The van der Waals surface area contributed by atoms with Gasteiger partial charge in [-0.1, -0.05) is 19.9 Å². The number of aryl methyl sites for hydroxylation is 2. The van der Waals surface area contributed by atoms with Crippen molar-refractivity contribution in [3.63, 3.8) is 0 Å². The quantitative estimate of drug-likeness (QED) is 0.332. The summed E-state index contributed by atoms with van der Waals surface area (Å²) in [6, 6.07) is 13.0. The number of pyridine rings is 3. The Bertz CT molecular complexity index is 1280. The molecule has 0 bridgehead atoms. The van der Waals surface area contributed by atoms with E-state index in [0.717, 1.165) is 22.3 Å². The van der Waals surface area contributed by atoms with Crippen LogP contribution >= 0.6 is 0 Å². The fourth-order valence-corrected chi connectivity index (χ4v) is 3.42. The van der Waals surface area contributed by atoms with Gasteiger partial charge in [-0.3, -0.25) is 9.97 Å². The molecule has 0 aliphatic heterocycles. The van der Waals surface area contributed by atoms with Crippen molar-refractivity contribution in [1.82, 2.24) is 15.0 Å². The van der Waals surface area contributed by atoms with Crippen LogP contribution in [0.1, 0.15) is 25.1 Å². The molecular formula is C28H33N3O5. The van der Waals surface area contributed by atoms with Crippen LogP contribution in [0.3, 0.4) is 0 Å². The molecule has 4 rings (SSSR count). The molecule has 3 aromatic heterocycles. The van der Waals surface area contributed by atoms with E-state index in [2.05, 4.69) is 9.97 Å². The van der Waals surface area contributed by atoms with Crippen LogP contribution in [-0.2, 0) is 0 Å². The van der Waals surface area contributed by atoms with Crippen molar-refractivity contribution in [3.05, 3.63) is 66.1 Å². The zero-order valence-electron chi connectivity index (χ0n) is 21.4. The van der Waals surface area contributed by atoms with Crippen molar-refractivity contribution >= 4 is 10.9 Å². The molecule has 3 heterocycles. The Morgan fingerprint density at radius 1 is 0.861 bits per heavy atom. The molecule has 8 nitrogen and oxygen atoms in total. The Labute approximate surface area is 211 Å². The van der Waals surface area contributed by atoms with Crippen molar-refractivity contribution < 1.29 is 24.4 Å². The summed E-state index contributed by atoms with van der Waals surface area (Å²) >= 11 is 0. The molecular weight excluding hydrogens is 458 g/mol. The van der Waals surface area contributed by atoms with Gasteiger partial charge in [0, 0.05) is 35.5 Å². The van der Waals surface area contributed by atoms with Crippen LogP contribution in [0.25, 0.3) is 22.3 Å². The van der Waals surface area contributed by atoms with E-state index in [1.807, 2.05) is 52.0 Å². The molecule has 4 aromatic rings. The first-order chi connectivity index (χ1) is 17.5. The Kier molecular flexibility index (Phi) is 9.55. The van der Waals surface area contributed by atoms with E-state index in [1.54, 1.807) is 37.7 Å². The molecule has 2 N–H and O–H groups in total. The highest BCUT2D eigenvalue weighted by Gasteiger charge is 2.17. The topological polar surface area (TPSA) is 107 Å². The Hall–Kier alpha value is -3.75. The number of hydrogen-bond donors (Lipinski definition) is 2. The second-order valence-corrected chi connectivity index (χ2v) is 7.93. The van der Waals surface area contributed by atoms with E-state index in [-0.39, 0.29) is 25.7 Å². The zero-order valence-corrected chi connectivity index (χ0v) is 21.4. The number of ether oxygens (including phenoxy) is 3. The third-order valence-corrected chi connectivity index (χ3v) is 5.54. The monoisotopic (exact) mass is 491 g/mol. The summed E-state index contributed by atoms with van der Waals surface area (Å²) in [6.07, 6.45) is 3.38. The summed E-state index contributed by atoms with van der Waals surface area (Å²) in [5, 5.41) is 19.4. The van der Waals surface area contributed by atoms with Crippen LogP contribution in [-0.4, -0.2) is 52.1 Å². The average Bonchev–Trinajstić information content (AvgIpc) is 2.92. The van der Waals surface area contributed by atoms with Crippen LogP contribution in [0.2, 0.25) is 0 Å². The first kappa shape index (κ1) is 26.8. The van der Waals surface area contributed by atoms with E-state index >= 15 is 0 Å². The summed E-state index contributed by atoms with van der Waals surface area (Å²) in [6.45, 7) is 7.74. The average molecular weight is 492 g/mol. The first-order valence-electron chi connectivity index (χ1n) is 11.9. The van der Waals surface area contributed by atoms with E-state index in [4.69, 9.17) is 19.2 Å². The van der Waals surface area contributed by atoms with E-state index in [1.165, 1.54) is 0 Å². The van der Waals surface area contributed by atoms with Crippen molar-refractivity contribution in [2.45, 2.75) is 27.7 Å². The number of hydrogen-bond acceptors (Lipinski definition) is 8. The van der Waals surface area contributed by atoms with Crippen molar-refractivity contribution in [2.75, 3.05) is 26.9 Å². The smallest absolute Gasteiger partial charge is 0.163 e. The summed E-state index contributed by atoms with van der Waals surface area (Å²) in [5.74, 6) is 1.74. The standard InChI is InChI=1S/C26H27N3O5.C2H6/c1-16-10-25(26(29-17(16)2)20-6-4-5-8-27-20)34-22-7-9-28-21-12-24(23(32-3)11-19(21)22)33-15-18(13-30)14-31;1-2/h4-12,18,30-31H,13-15H2,1-3H3;1-2H3. The third-order valence-electron chi connectivity index (χ3n) is 5.54. The van der Waals surface area contributed by atoms with Gasteiger partial charge in [0.1, 0.15) is 11.4 Å². The predicted octanol–water partition coefficient (Wildman–Crippen LogP) is 5.12. The summed E-state index contributed by atoms with van der Waals surface area (Å²) in [5.41, 5.74) is 3.92. The van der Waals surface area contributed by atoms with Crippen molar-refractivity contribution in [2.24, 2.45) is 5.92 Å². The van der Waals surface area contributed by atoms with Crippen LogP contribution in [0, 0.1) is 19.8 Å². The lowest BCUT2D eigenvalue weighted by atomic mass is 10.1. The Morgan fingerprint density at radius 2 is 1.64 bits per heavy atom. The molecule has 190 valence electrons. The molecule has 0 saturated carbocycles. The summed E-state index contributed by atoms with van der Waals surface area (Å²) < 4.78 is 17.7. The molecule has 8 heteroatoms. The van der Waals surface area contributed by atoms with Crippen LogP contribution in [0.4, 0.5) is 0 Å². The Balaban J connectivity index is 0.00000176. The van der Waals surface area contributed by atoms with Gasteiger partial charge >= 0.3 is 0 Å². The lowest BCUT2D eigenvalue weighted by molar-refractivity contribution is 0.105. The van der Waals surface area contributed by atoms with Crippen molar-refractivity contribution in [1.29, 1.82) is 0 Å². The molecule has 0 aliphatic carbocycles. The molecule has 1 aromatic carbocycles. The number of methoxy groups -OCH3 is 1. The van der Waals surface area contributed by atoms with Gasteiger partial charge in [0.05, 0.1) is 38.1 Å². The number of aromatic nitrogens is 3. The van der Waals surface area contributed by atoms with Gasteiger partial charge in [-0.15, -0.1) is 0 Å². The highest BCUT2D eigenvalue weighted by molar-refractivity contribution is 5.88. The summed E-state index contributed by atoms with van der Waals surface area (Å²) in [7, 11) is 1.55. The number of aliphatic hydroxyl groups excluding tert-OH is 2. The minimum atomic E-state index is -0.384.